The number of fused-ring (bicyclic) bond motifs is 1. The van der Waals surface area contributed by atoms with Crippen molar-refractivity contribution in [1.29, 1.82) is 0 Å². The van der Waals surface area contributed by atoms with Gasteiger partial charge in [-0.1, -0.05) is 58.4 Å². The molecule has 1 atom stereocenters. The van der Waals surface area contributed by atoms with E-state index in [1.54, 1.807) is 30.4 Å². The van der Waals surface area contributed by atoms with Crippen molar-refractivity contribution < 1.29 is 14.7 Å². The van der Waals surface area contributed by atoms with E-state index in [2.05, 4.69) is 22.5 Å². The van der Waals surface area contributed by atoms with Crippen molar-refractivity contribution in [3.8, 4) is 0 Å². The summed E-state index contributed by atoms with van der Waals surface area (Å²) < 4.78 is 0.732. The lowest BCUT2D eigenvalue weighted by Gasteiger charge is -2.21. The number of ketones is 1. The highest BCUT2D eigenvalue weighted by Gasteiger charge is 2.50. The first kappa shape index (κ1) is 18.3. The van der Waals surface area contributed by atoms with Gasteiger partial charge in [-0.2, -0.15) is 0 Å². The number of allylic oxidation sites excluding steroid dienone is 1. The highest BCUT2D eigenvalue weighted by molar-refractivity contribution is 9.10. The average molecular weight is 412 g/mol. The Morgan fingerprint density at radius 1 is 1.23 bits per heavy atom. The Hall–Kier alpha value is -2.50. The molecule has 26 heavy (non-hydrogen) atoms. The number of halogens is 1. The number of nitrogens with zero attached hydrogens (tertiary/aromatic N) is 1. The molecule has 0 fully saturated rings. The summed E-state index contributed by atoms with van der Waals surface area (Å²) in [5, 5.41) is 11.1. The van der Waals surface area contributed by atoms with E-state index in [4.69, 9.17) is 0 Å². The molecule has 1 unspecified atom stereocenters. The zero-order chi connectivity index (χ0) is 18.7. The number of anilines is 1. The van der Waals surface area contributed by atoms with Crippen LogP contribution in [0.3, 0.4) is 0 Å². The van der Waals surface area contributed by atoms with E-state index < -0.39 is 11.5 Å². The number of hydrogen-bond donors (Lipinski definition) is 1. The summed E-state index contributed by atoms with van der Waals surface area (Å²) in [5.41, 5.74) is 0.0305. The van der Waals surface area contributed by atoms with Crippen LogP contribution in [0.25, 0.3) is 6.08 Å². The van der Waals surface area contributed by atoms with Gasteiger partial charge in [0.25, 0.3) is 5.91 Å². The monoisotopic (exact) mass is 411 g/mol. The highest BCUT2D eigenvalue weighted by atomic mass is 79.9. The molecule has 0 aliphatic carbocycles. The zero-order valence-electron chi connectivity index (χ0n) is 14.1. The normalized spacial score (nSPS) is 19.0. The number of carbonyl (C=O) groups is 2. The van der Waals surface area contributed by atoms with Gasteiger partial charge in [0.05, 0.1) is 12.1 Å². The Kier molecular flexibility index (Phi) is 5.20. The molecule has 2 aromatic carbocycles. The molecule has 132 valence electrons. The van der Waals surface area contributed by atoms with E-state index in [9.17, 15) is 14.7 Å². The minimum atomic E-state index is -1.87. The minimum Gasteiger partial charge on any atom is -0.375 e. The van der Waals surface area contributed by atoms with Gasteiger partial charge in [0.2, 0.25) is 0 Å². The Morgan fingerprint density at radius 3 is 2.65 bits per heavy atom. The second-order valence-corrected chi connectivity index (χ2v) is 7.03. The molecule has 1 aliphatic heterocycles. The topological polar surface area (TPSA) is 57.6 Å². The molecule has 1 amide bonds. The average Bonchev–Trinajstić information content (AvgIpc) is 2.83. The lowest BCUT2D eigenvalue weighted by Crippen LogP contribution is -2.41. The Balaban J connectivity index is 1.89. The number of carbonyl (C=O) groups excluding carboxylic acids is 2. The van der Waals surface area contributed by atoms with Crippen LogP contribution >= 0.6 is 15.9 Å². The van der Waals surface area contributed by atoms with E-state index in [1.165, 1.54) is 11.0 Å². The van der Waals surface area contributed by atoms with Gasteiger partial charge in [0.15, 0.2) is 11.4 Å². The lowest BCUT2D eigenvalue weighted by atomic mass is 9.89. The number of amides is 1. The van der Waals surface area contributed by atoms with Gasteiger partial charge in [-0.25, -0.2) is 0 Å². The fourth-order valence-electron chi connectivity index (χ4n) is 3.07. The van der Waals surface area contributed by atoms with Crippen molar-refractivity contribution in [2.75, 3.05) is 11.4 Å². The van der Waals surface area contributed by atoms with Gasteiger partial charge in [0.1, 0.15) is 0 Å². The summed E-state index contributed by atoms with van der Waals surface area (Å²) in [6, 6.07) is 14.6. The third-order valence-corrected chi connectivity index (χ3v) is 4.79. The molecule has 0 aromatic heterocycles. The van der Waals surface area contributed by atoms with Crippen molar-refractivity contribution in [3.63, 3.8) is 0 Å². The van der Waals surface area contributed by atoms with Crippen molar-refractivity contribution in [2.45, 2.75) is 12.0 Å². The molecule has 3 rings (SSSR count). The minimum absolute atomic E-state index is 0.268. The second-order valence-electron chi connectivity index (χ2n) is 6.11. The molecule has 2 aromatic rings. The Bertz CT molecular complexity index is 891. The maximum atomic E-state index is 12.8. The molecule has 5 heteroatoms. The summed E-state index contributed by atoms with van der Waals surface area (Å²) in [6.45, 7) is 3.93. The van der Waals surface area contributed by atoms with Crippen molar-refractivity contribution in [3.05, 3.63) is 82.9 Å². The standard InChI is InChI=1S/C21H18BrNO3/c1-2-12-23-19-11-9-16(22)13-18(19)21(26,20(23)25)14-17(24)10-8-15-6-4-3-5-7-15/h2-11,13,26H,1,12,14H2/b10-8+. The summed E-state index contributed by atoms with van der Waals surface area (Å²) in [5.74, 6) is -0.831. The number of rotatable bonds is 6. The predicted molar refractivity (Wildman–Crippen MR) is 106 cm³/mol. The Labute approximate surface area is 160 Å². The van der Waals surface area contributed by atoms with Crippen molar-refractivity contribution in [2.24, 2.45) is 0 Å². The van der Waals surface area contributed by atoms with Crippen LogP contribution in [0.15, 0.2) is 71.7 Å². The molecule has 0 bridgehead atoms. The molecule has 1 aliphatic rings. The third kappa shape index (κ3) is 3.41. The molecule has 0 saturated carbocycles. The SMILES string of the molecule is C=CCN1C(=O)C(O)(CC(=O)/C=C/c2ccccc2)c2cc(Br)ccc21. The van der Waals surface area contributed by atoms with Crippen molar-refractivity contribution >= 4 is 39.4 Å². The Morgan fingerprint density at radius 2 is 1.96 bits per heavy atom. The van der Waals surface area contributed by atoms with Crippen LogP contribution in [-0.4, -0.2) is 23.3 Å². The number of benzene rings is 2. The molecule has 0 saturated heterocycles. The first-order valence-corrected chi connectivity index (χ1v) is 8.96. The van der Waals surface area contributed by atoms with E-state index in [0.29, 0.717) is 11.3 Å². The highest BCUT2D eigenvalue weighted by Crippen LogP contribution is 2.43. The second kappa shape index (κ2) is 7.40. The fourth-order valence-corrected chi connectivity index (χ4v) is 3.43. The summed E-state index contributed by atoms with van der Waals surface area (Å²) in [4.78, 5) is 26.7. The van der Waals surface area contributed by atoms with E-state index in [-0.39, 0.29) is 18.7 Å². The van der Waals surface area contributed by atoms with E-state index in [1.807, 2.05) is 30.3 Å². The third-order valence-electron chi connectivity index (χ3n) is 4.30. The molecule has 0 spiro atoms. The zero-order valence-corrected chi connectivity index (χ0v) is 15.6. The maximum absolute atomic E-state index is 12.8. The smallest absolute Gasteiger partial charge is 0.264 e. The summed E-state index contributed by atoms with van der Waals surface area (Å²) in [6.07, 6.45) is 4.35. The van der Waals surface area contributed by atoms with Crippen LogP contribution < -0.4 is 4.90 Å². The van der Waals surface area contributed by atoms with E-state index >= 15 is 0 Å². The largest absolute Gasteiger partial charge is 0.375 e. The van der Waals surface area contributed by atoms with E-state index in [0.717, 1.165) is 10.0 Å². The molecule has 1 N–H and O–H groups in total. The van der Waals surface area contributed by atoms with Gasteiger partial charge in [-0.3, -0.25) is 9.59 Å². The van der Waals surface area contributed by atoms with Crippen LogP contribution in [0, 0.1) is 0 Å². The fraction of sp³-hybridized carbons (Fsp3) is 0.143. The van der Waals surface area contributed by atoms with Gasteiger partial charge >= 0.3 is 0 Å². The van der Waals surface area contributed by atoms with Crippen LogP contribution in [-0.2, 0) is 15.2 Å². The first-order chi connectivity index (χ1) is 12.5. The van der Waals surface area contributed by atoms with Gasteiger partial charge in [-0.15, -0.1) is 6.58 Å². The van der Waals surface area contributed by atoms with Crippen LogP contribution in [0.5, 0.6) is 0 Å². The summed E-state index contributed by atoms with van der Waals surface area (Å²) in [7, 11) is 0. The summed E-state index contributed by atoms with van der Waals surface area (Å²) >= 11 is 3.36. The van der Waals surface area contributed by atoms with Gasteiger partial charge in [-0.05, 0) is 29.8 Å². The van der Waals surface area contributed by atoms with Gasteiger partial charge in [0, 0.05) is 16.6 Å². The van der Waals surface area contributed by atoms with Crippen LogP contribution in [0.2, 0.25) is 0 Å². The predicted octanol–water partition coefficient (Wildman–Crippen LogP) is 3.84. The first-order valence-electron chi connectivity index (χ1n) is 8.17. The lowest BCUT2D eigenvalue weighted by molar-refractivity contribution is -0.140. The number of aliphatic hydroxyl groups is 1. The quantitative estimate of drug-likeness (QED) is 0.580. The molecule has 4 nitrogen and oxygen atoms in total. The van der Waals surface area contributed by atoms with Crippen LogP contribution in [0.4, 0.5) is 5.69 Å². The maximum Gasteiger partial charge on any atom is 0.264 e. The molecular weight excluding hydrogens is 394 g/mol. The van der Waals surface area contributed by atoms with Crippen molar-refractivity contribution in [1.82, 2.24) is 0 Å². The molecular formula is C21H18BrNO3. The molecule has 0 radical (unpaired) electrons. The molecule has 1 heterocycles. The number of hydrogen-bond acceptors (Lipinski definition) is 3. The van der Waals surface area contributed by atoms with Gasteiger partial charge < -0.3 is 10.0 Å². The van der Waals surface area contributed by atoms with Crippen LogP contribution in [0.1, 0.15) is 17.5 Å².